The Kier molecular flexibility index (Phi) is 3.25. The number of carbonyl (C=O) groups excluding carboxylic acids is 1. The van der Waals surface area contributed by atoms with Gasteiger partial charge in [-0.25, -0.2) is 0 Å². The summed E-state index contributed by atoms with van der Waals surface area (Å²) in [6, 6.07) is 0. The first kappa shape index (κ1) is 10.2. The fraction of sp³-hybridized carbons (Fsp3) is 0.923. The molecule has 2 aliphatic carbocycles. The quantitative estimate of drug-likeness (QED) is 0.671. The number of carbonyl (C=O) groups is 1. The van der Waals surface area contributed by atoms with Crippen LogP contribution in [0.2, 0.25) is 0 Å². The van der Waals surface area contributed by atoms with Crippen LogP contribution in [-0.4, -0.2) is 5.78 Å². The van der Waals surface area contributed by atoms with Gasteiger partial charge in [0.15, 0.2) is 0 Å². The van der Waals surface area contributed by atoms with Crippen molar-refractivity contribution in [2.75, 3.05) is 0 Å². The highest BCUT2D eigenvalue weighted by Crippen LogP contribution is 2.37. The third kappa shape index (κ3) is 2.02. The molecule has 2 atom stereocenters. The second-order valence-corrected chi connectivity index (χ2v) is 5.17. The minimum absolute atomic E-state index is 0.444. The molecule has 0 spiro atoms. The number of hydrogen-bond acceptors (Lipinski definition) is 1. The molecule has 80 valence electrons. The van der Waals surface area contributed by atoms with Crippen molar-refractivity contribution in [3.8, 4) is 0 Å². The average molecular weight is 194 g/mol. The summed E-state index contributed by atoms with van der Waals surface area (Å²) in [4.78, 5) is 12.0. The first-order valence-corrected chi connectivity index (χ1v) is 6.35. The van der Waals surface area contributed by atoms with E-state index >= 15 is 0 Å². The molecule has 14 heavy (non-hydrogen) atoms. The highest BCUT2D eigenvalue weighted by molar-refractivity contribution is 5.84. The minimum Gasteiger partial charge on any atom is -0.299 e. The lowest BCUT2D eigenvalue weighted by Gasteiger charge is -2.33. The van der Waals surface area contributed by atoms with Crippen molar-refractivity contribution < 1.29 is 4.79 Å². The lowest BCUT2D eigenvalue weighted by Crippen LogP contribution is -2.31. The average Bonchev–Trinajstić information content (AvgIpc) is 2.15. The minimum atomic E-state index is 0.444. The summed E-state index contributed by atoms with van der Waals surface area (Å²) in [7, 11) is 0. The molecule has 1 heteroatoms. The molecule has 1 nitrogen and oxygen atoms in total. The topological polar surface area (TPSA) is 17.1 Å². The van der Waals surface area contributed by atoms with Crippen molar-refractivity contribution >= 4 is 5.78 Å². The maximum atomic E-state index is 12.0. The van der Waals surface area contributed by atoms with Gasteiger partial charge in [-0.15, -0.1) is 0 Å². The van der Waals surface area contributed by atoms with Crippen LogP contribution in [0.5, 0.6) is 0 Å². The molecule has 2 rings (SSSR count). The maximum Gasteiger partial charge on any atom is 0.139 e. The highest BCUT2D eigenvalue weighted by Gasteiger charge is 2.33. The van der Waals surface area contributed by atoms with Crippen molar-refractivity contribution in [3.63, 3.8) is 0 Å². The van der Waals surface area contributed by atoms with E-state index in [9.17, 15) is 4.79 Å². The van der Waals surface area contributed by atoms with Crippen LogP contribution in [0.3, 0.4) is 0 Å². The summed E-state index contributed by atoms with van der Waals surface area (Å²) < 4.78 is 0. The number of ketones is 1. The zero-order valence-corrected chi connectivity index (χ0v) is 9.30. The van der Waals surface area contributed by atoms with Gasteiger partial charge in [0.1, 0.15) is 5.78 Å². The molecule has 0 saturated heterocycles. The van der Waals surface area contributed by atoms with Gasteiger partial charge in [0.2, 0.25) is 0 Å². The molecule has 2 aliphatic rings. The van der Waals surface area contributed by atoms with E-state index in [1.54, 1.807) is 0 Å². The predicted octanol–water partition coefficient (Wildman–Crippen LogP) is 3.57. The van der Waals surface area contributed by atoms with Crippen LogP contribution in [0.1, 0.15) is 58.3 Å². The van der Waals surface area contributed by atoms with Crippen molar-refractivity contribution in [1.82, 2.24) is 0 Å². The summed E-state index contributed by atoms with van der Waals surface area (Å²) in [5.74, 6) is 2.38. The van der Waals surface area contributed by atoms with Crippen molar-refractivity contribution in [1.29, 1.82) is 0 Å². The Morgan fingerprint density at radius 1 is 1.07 bits per heavy atom. The van der Waals surface area contributed by atoms with Crippen LogP contribution < -0.4 is 0 Å². The van der Waals surface area contributed by atoms with Crippen LogP contribution in [0.15, 0.2) is 0 Å². The summed E-state index contributed by atoms with van der Waals surface area (Å²) in [5, 5.41) is 0. The number of Topliss-reactive ketones (excluding diaryl/α,β-unsaturated/α-hetero) is 1. The Bertz CT molecular complexity index is 205. The zero-order chi connectivity index (χ0) is 9.97. The SMILES string of the molecule is CCC1CCCC(C(=O)C2CCC2)C1. The molecular formula is C13H22O. The molecule has 0 amide bonds. The van der Waals surface area contributed by atoms with E-state index in [0.29, 0.717) is 17.6 Å². The molecule has 2 saturated carbocycles. The van der Waals surface area contributed by atoms with E-state index in [4.69, 9.17) is 0 Å². The van der Waals surface area contributed by atoms with Gasteiger partial charge in [-0.3, -0.25) is 4.79 Å². The van der Waals surface area contributed by atoms with Crippen molar-refractivity contribution in [2.24, 2.45) is 17.8 Å². The molecule has 0 aromatic heterocycles. The second-order valence-electron chi connectivity index (χ2n) is 5.17. The molecule has 0 heterocycles. The standard InChI is InChI=1S/C13H22O/c1-2-10-5-3-8-12(9-10)13(14)11-6-4-7-11/h10-12H,2-9H2,1H3. The molecule has 2 fully saturated rings. The summed E-state index contributed by atoms with van der Waals surface area (Å²) >= 11 is 0. The fourth-order valence-electron chi connectivity index (χ4n) is 2.95. The normalized spacial score (nSPS) is 33.8. The monoisotopic (exact) mass is 194 g/mol. The van der Waals surface area contributed by atoms with Crippen LogP contribution in [0.25, 0.3) is 0 Å². The molecule has 0 aromatic carbocycles. The largest absolute Gasteiger partial charge is 0.299 e. The smallest absolute Gasteiger partial charge is 0.139 e. The molecule has 0 aliphatic heterocycles. The van der Waals surface area contributed by atoms with E-state index in [2.05, 4.69) is 6.92 Å². The zero-order valence-electron chi connectivity index (χ0n) is 9.30. The second kappa shape index (κ2) is 4.46. The summed E-state index contributed by atoms with van der Waals surface area (Å²) in [6.45, 7) is 2.26. The lowest BCUT2D eigenvalue weighted by atomic mass is 9.71. The van der Waals surface area contributed by atoms with Gasteiger partial charge >= 0.3 is 0 Å². The molecule has 0 radical (unpaired) electrons. The van der Waals surface area contributed by atoms with Gasteiger partial charge in [0.25, 0.3) is 0 Å². The molecule has 2 unspecified atom stereocenters. The van der Waals surface area contributed by atoms with E-state index in [1.807, 2.05) is 0 Å². The Balaban J connectivity index is 1.86. The van der Waals surface area contributed by atoms with Crippen LogP contribution in [0, 0.1) is 17.8 Å². The molecule has 0 aromatic rings. The van der Waals surface area contributed by atoms with Gasteiger partial charge in [-0.05, 0) is 31.6 Å². The van der Waals surface area contributed by atoms with Gasteiger partial charge in [0.05, 0.1) is 0 Å². The molecule has 0 N–H and O–H groups in total. The van der Waals surface area contributed by atoms with Crippen LogP contribution >= 0.6 is 0 Å². The lowest BCUT2D eigenvalue weighted by molar-refractivity contribution is -0.130. The number of hydrogen-bond donors (Lipinski definition) is 0. The van der Waals surface area contributed by atoms with Gasteiger partial charge < -0.3 is 0 Å². The Morgan fingerprint density at radius 3 is 2.29 bits per heavy atom. The third-order valence-corrected chi connectivity index (χ3v) is 4.27. The van der Waals surface area contributed by atoms with Crippen LogP contribution in [-0.2, 0) is 4.79 Å². The summed E-state index contributed by atoms with van der Waals surface area (Å²) in [6.07, 6.45) is 9.98. The van der Waals surface area contributed by atoms with Gasteiger partial charge in [-0.2, -0.15) is 0 Å². The first-order chi connectivity index (χ1) is 6.81. The van der Waals surface area contributed by atoms with Crippen molar-refractivity contribution in [3.05, 3.63) is 0 Å². The Morgan fingerprint density at radius 2 is 1.71 bits per heavy atom. The fourth-order valence-corrected chi connectivity index (χ4v) is 2.95. The maximum absolute atomic E-state index is 12.0. The predicted molar refractivity (Wildman–Crippen MR) is 58.1 cm³/mol. The van der Waals surface area contributed by atoms with Crippen LogP contribution in [0.4, 0.5) is 0 Å². The van der Waals surface area contributed by atoms with E-state index < -0.39 is 0 Å². The molecule has 0 bridgehead atoms. The van der Waals surface area contributed by atoms with E-state index in [-0.39, 0.29) is 0 Å². The van der Waals surface area contributed by atoms with Gasteiger partial charge in [-0.1, -0.05) is 32.6 Å². The highest BCUT2D eigenvalue weighted by atomic mass is 16.1. The Hall–Kier alpha value is -0.330. The number of rotatable bonds is 3. The van der Waals surface area contributed by atoms with Crippen molar-refractivity contribution in [2.45, 2.75) is 58.3 Å². The molecular weight excluding hydrogens is 172 g/mol. The first-order valence-electron chi connectivity index (χ1n) is 6.35. The summed E-state index contributed by atoms with van der Waals surface area (Å²) in [5.41, 5.74) is 0. The van der Waals surface area contributed by atoms with E-state index in [0.717, 1.165) is 5.92 Å². The Labute approximate surface area is 87.3 Å². The third-order valence-electron chi connectivity index (χ3n) is 4.27. The van der Waals surface area contributed by atoms with Gasteiger partial charge in [0, 0.05) is 11.8 Å². The van der Waals surface area contributed by atoms with E-state index in [1.165, 1.54) is 51.4 Å².